The van der Waals surface area contributed by atoms with Gasteiger partial charge in [-0.05, 0) is 59.1 Å². The summed E-state index contributed by atoms with van der Waals surface area (Å²) in [4.78, 5) is 14.3. The Morgan fingerprint density at radius 3 is 2.42 bits per heavy atom. The Hall–Kier alpha value is -1.56. The van der Waals surface area contributed by atoms with Crippen molar-refractivity contribution in [3.8, 4) is 0 Å². The van der Waals surface area contributed by atoms with E-state index in [9.17, 15) is 13.2 Å². The lowest BCUT2D eigenvalue weighted by molar-refractivity contribution is 0.0124. The lowest BCUT2D eigenvalue weighted by Gasteiger charge is -2.36. The maximum atomic E-state index is 12.7. The van der Waals surface area contributed by atoms with Gasteiger partial charge < -0.3 is 9.64 Å². The fourth-order valence-electron chi connectivity index (χ4n) is 2.83. The van der Waals surface area contributed by atoms with Gasteiger partial charge in [-0.1, -0.05) is 17.7 Å². The highest BCUT2D eigenvalue weighted by Gasteiger charge is 2.33. The minimum absolute atomic E-state index is 0.0602. The fourth-order valence-corrected chi connectivity index (χ4v) is 4.43. The lowest BCUT2D eigenvalue weighted by atomic mass is 10.0. The van der Waals surface area contributed by atoms with E-state index in [2.05, 4.69) is 0 Å². The standard InChI is InChI=1S/C18H27NO4S/c1-14-8-10-16(11-9-14)24(21,22)13-15-7-5-6-12-19(15)17(20)23-18(2,3)4/h8-11,15H,5-7,12-13H2,1-4H3. The minimum atomic E-state index is -3.44. The number of benzene rings is 1. The van der Waals surface area contributed by atoms with E-state index >= 15 is 0 Å². The van der Waals surface area contributed by atoms with Gasteiger partial charge in [-0.3, -0.25) is 0 Å². The summed E-state index contributed by atoms with van der Waals surface area (Å²) < 4.78 is 30.8. The van der Waals surface area contributed by atoms with E-state index in [0.717, 1.165) is 18.4 Å². The van der Waals surface area contributed by atoms with Gasteiger partial charge >= 0.3 is 6.09 Å². The Morgan fingerprint density at radius 2 is 1.83 bits per heavy atom. The number of hydrogen-bond donors (Lipinski definition) is 0. The van der Waals surface area contributed by atoms with Crippen LogP contribution in [0.3, 0.4) is 0 Å². The van der Waals surface area contributed by atoms with Crippen molar-refractivity contribution in [2.45, 2.75) is 63.5 Å². The number of sulfone groups is 1. The number of amides is 1. The molecular weight excluding hydrogens is 326 g/mol. The van der Waals surface area contributed by atoms with Gasteiger partial charge in [-0.15, -0.1) is 0 Å². The first-order chi connectivity index (χ1) is 11.1. The Labute approximate surface area is 144 Å². The van der Waals surface area contributed by atoms with Crippen LogP contribution in [0, 0.1) is 6.92 Å². The van der Waals surface area contributed by atoms with Crippen LogP contribution in [0.1, 0.15) is 45.6 Å². The molecule has 0 bridgehead atoms. The molecule has 1 aromatic rings. The van der Waals surface area contributed by atoms with E-state index in [1.54, 1.807) is 29.2 Å². The molecule has 1 unspecified atom stereocenters. The Morgan fingerprint density at radius 1 is 1.21 bits per heavy atom. The summed E-state index contributed by atoms with van der Waals surface area (Å²) in [6, 6.07) is 6.51. The van der Waals surface area contributed by atoms with Crippen molar-refractivity contribution in [2.24, 2.45) is 0 Å². The molecule has 24 heavy (non-hydrogen) atoms. The summed E-state index contributed by atoms with van der Waals surface area (Å²) in [6.07, 6.45) is 2.06. The average molecular weight is 353 g/mol. The fraction of sp³-hybridized carbons (Fsp3) is 0.611. The summed E-state index contributed by atoms with van der Waals surface area (Å²) in [5.41, 5.74) is 0.427. The average Bonchev–Trinajstić information content (AvgIpc) is 2.46. The number of aryl methyl sites for hydroxylation is 1. The molecule has 0 saturated carbocycles. The molecule has 1 saturated heterocycles. The quantitative estimate of drug-likeness (QED) is 0.833. The van der Waals surface area contributed by atoms with Crippen molar-refractivity contribution in [1.82, 2.24) is 4.90 Å². The Kier molecular flexibility index (Phi) is 5.58. The van der Waals surface area contributed by atoms with Crippen LogP contribution in [0.15, 0.2) is 29.2 Å². The highest BCUT2D eigenvalue weighted by Crippen LogP contribution is 2.24. The van der Waals surface area contributed by atoms with Gasteiger partial charge in [0.1, 0.15) is 5.60 Å². The molecule has 134 valence electrons. The van der Waals surface area contributed by atoms with Gasteiger partial charge in [0.05, 0.1) is 10.6 Å². The molecule has 1 aliphatic rings. The number of carbonyl (C=O) groups is 1. The van der Waals surface area contributed by atoms with E-state index in [0.29, 0.717) is 17.9 Å². The van der Waals surface area contributed by atoms with Gasteiger partial charge in [-0.2, -0.15) is 0 Å². The molecule has 1 fully saturated rings. The van der Waals surface area contributed by atoms with Crippen LogP contribution in [0.4, 0.5) is 4.79 Å². The molecule has 2 rings (SSSR count). The van der Waals surface area contributed by atoms with Crippen molar-refractivity contribution >= 4 is 15.9 Å². The molecule has 6 heteroatoms. The van der Waals surface area contributed by atoms with E-state index in [1.165, 1.54) is 0 Å². The number of carbonyl (C=O) groups excluding carboxylic acids is 1. The maximum Gasteiger partial charge on any atom is 0.410 e. The molecule has 5 nitrogen and oxygen atoms in total. The van der Waals surface area contributed by atoms with Crippen molar-refractivity contribution in [1.29, 1.82) is 0 Å². The topological polar surface area (TPSA) is 63.7 Å². The highest BCUT2D eigenvalue weighted by molar-refractivity contribution is 7.91. The maximum absolute atomic E-state index is 12.7. The van der Waals surface area contributed by atoms with Crippen molar-refractivity contribution in [2.75, 3.05) is 12.3 Å². The van der Waals surface area contributed by atoms with E-state index in [1.807, 2.05) is 27.7 Å². The second kappa shape index (κ2) is 7.13. The predicted octanol–water partition coefficient (Wildman–Crippen LogP) is 3.56. The van der Waals surface area contributed by atoms with Crippen LogP contribution in [-0.2, 0) is 14.6 Å². The molecule has 0 aliphatic carbocycles. The zero-order chi connectivity index (χ0) is 18.0. The van der Waals surface area contributed by atoms with E-state index < -0.39 is 21.5 Å². The zero-order valence-electron chi connectivity index (χ0n) is 14.9. The molecule has 1 amide bonds. The normalized spacial score (nSPS) is 19.2. The third-order valence-electron chi connectivity index (χ3n) is 4.05. The Balaban J connectivity index is 2.15. The molecule has 0 aromatic heterocycles. The van der Waals surface area contributed by atoms with E-state index in [-0.39, 0.29) is 11.8 Å². The summed E-state index contributed by atoms with van der Waals surface area (Å²) >= 11 is 0. The first-order valence-corrected chi connectivity index (χ1v) is 10.0. The molecular formula is C18H27NO4S. The van der Waals surface area contributed by atoms with Crippen molar-refractivity contribution in [3.05, 3.63) is 29.8 Å². The van der Waals surface area contributed by atoms with Gasteiger partial charge in [0.2, 0.25) is 0 Å². The molecule has 1 atom stereocenters. The molecule has 1 aromatic carbocycles. The molecule has 0 N–H and O–H groups in total. The first-order valence-electron chi connectivity index (χ1n) is 8.37. The van der Waals surface area contributed by atoms with Gasteiger partial charge in [0.15, 0.2) is 9.84 Å². The second-order valence-electron chi connectivity index (χ2n) is 7.42. The van der Waals surface area contributed by atoms with Crippen LogP contribution < -0.4 is 0 Å². The van der Waals surface area contributed by atoms with Crippen molar-refractivity contribution in [3.63, 3.8) is 0 Å². The predicted molar refractivity (Wildman–Crippen MR) is 93.8 cm³/mol. The van der Waals surface area contributed by atoms with Crippen LogP contribution in [0.5, 0.6) is 0 Å². The largest absolute Gasteiger partial charge is 0.444 e. The summed E-state index contributed by atoms with van der Waals surface area (Å²) in [5, 5.41) is 0. The highest BCUT2D eigenvalue weighted by atomic mass is 32.2. The molecule has 0 radical (unpaired) electrons. The smallest absolute Gasteiger partial charge is 0.410 e. The number of likely N-dealkylation sites (tertiary alicyclic amines) is 1. The molecule has 0 spiro atoms. The van der Waals surface area contributed by atoms with Crippen LogP contribution in [0.2, 0.25) is 0 Å². The van der Waals surface area contributed by atoms with Crippen LogP contribution in [0.25, 0.3) is 0 Å². The molecule has 1 aliphatic heterocycles. The second-order valence-corrected chi connectivity index (χ2v) is 9.45. The summed E-state index contributed by atoms with van der Waals surface area (Å²) in [7, 11) is -3.44. The van der Waals surface area contributed by atoms with Crippen LogP contribution in [-0.4, -0.2) is 43.4 Å². The monoisotopic (exact) mass is 353 g/mol. The van der Waals surface area contributed by atoms with Crippen LogP contribution >= 0.6 is 0 Å². The lowest BCUT2D eigenvalue weighted by Crippen LogP contribution is -2.48. The van der Waals surface area contributed by atoms with Gasteiger partial charge in [0, 0.05) is 12.6 Å². The Bertz CT molecular complexity index is 674. The zero-order valence-corrected chi connectivity index (χ0v) is 15.7. The van der Waals surface area contributed by atoms with E-state index in [4.69, 9.17) is 4.74 Å². The number of rotatable bonds is 3. The number of ether oxygens (including phenoxy) is 1. The molecule has 1 heterocycles. The minimum Gasteiger partial charge on any atom is -0.444 e. The SMILES string of the molecule is Cc1ccc(S(=O)(=O)CC2CCCCN2C(=O)OC(C)(C)C)cc1. The summed E-state index contributed by atoms with van der Waals surface area (Å²) in [5.74, 6) is -0.0602. The van der Waals surface area contributed by atoms with Gasteiger partial charge in [0.25, 0.3) is 0 Å². The summed E-state index contributed by atoms with van der Waals surface area (Å²) in [6.45, 7) is 7.90. The number of piperidine rings is 1. The number of nitrogens with zero attached hydrogens (tertiary/aromatic N) is 1. The first kappa shape index (κ1) is 18.8. The third-order valence-corrected chi connectivity index (χ3v) is 5.86. The third kappa shape index (κ3) is 4.97. The van der Waals surface area contributed by atoms with Crippen molar-refractivity contribution < 1.29 is 17.9 Å². The van der Waals surface area contributed by atoms with Gasteiger partial charge in [-0.25, -0.2) is 13.2 Å². The number of hydrogen-bond acceptors (Lipinski definition) is 4.